The highest BCUT2D eigenvalue weighted by molar-refractivity contribution is 6.26. The molecule has 0 fully saturated rings. The van der Waals surface area contributed by atoms with Crippen LogP contribution in [0.3, 0.4) is 0 Å². The van der Waals surface area contributed by atoms with Crippen LogP contribution in [-0.2, 0) is 0 Å². The third-order valence-electron chi connectivity index (χ3n) is 9.25. The van der Waals surface area contributed by atoms with E-state index in [0.717, 1.165) is 10.8 Å². The maximum absolute atomic E-state index is 9.79. The number of rotatable bonds is 4. The van der Waals surface area contributed by atoms with Gasteiger partial charge in [0.25, 0.3) is 0 Å². The van der Waals surface area contributed by atoms with Crippen LogP contribution in [0.25, 0.3) is 98.8 Å². The van der Waals surface area contributed by atoms with E-state index in [1.807, 2.05) is 97.1 Å². The van der Waals surface area contributed by atoms with Crippen LogP contribution in [0, 0.1) is 0 Å². The van der Waals surface area contributed by atoms with Gasteiger partial charge in [0, 0.05) is 10.8 Å². The molecule has 0 aliphatic rings. The van der Waals surface area contributed by atoms with Crippen LogP contribution in [0.1, 0.15) is 13.7 Å². The van der Waals surface area contributed by atoms with Crippen LogP contribution in [-0.4, -0.2) is 0 Å². The number of fused-ring (bicyclic) bond motifs is 6. The molecule has 1 nitrogen and oxygen atoms in total. The summed E-state index contributed by atoms with van der Waals surface area (Å²) in [5.74, 6) is 0. The topological polar surface area (TPSA) is 13.1 Å². The Hall–Kier alpha value is -6.44. The number of benzene rings is 9. The molecule has 0 aliphatic heterocycles. The highest BCUT2D eigenvalue weighted by Crippen LogP contribution is 2.47. The summed E-state index contributed by atoms with van der Waals surface area (Å²) in [6.45, 7) is 0. The Bertz CT molecular complexity index is 3380. The van der Waals surface area contributed by atoms with Gasteiger partial charge in [0.15, 0.2) is 0 Å². The minimum absolute atomic E-state index is 0.0757. The molecule has 0 bridgehead atoms. The first-order chi connectivity index (χ1) is 28.5. The molecule has 0 spiro atoms. The third-order valence-corrected chi connectivity index (χ3v) is 9.25. The molecule has 228 valence electrons. The van der Waals surface area contributed by atoms with Crippen LogP contribution >= 0.6 is 0 Å². The lowest BCUT2D eigenvalue weighted by Gasteiger charge is -2.19. The van der Waals surface area contributed by atoms with Crippen LogP contribution in [0.15, 0.2) is 186 Å². The van der Waals surface area contributed by atoms with Gasteiger partial charge in [-0.25, -0.2) is 0 Å². The molecule has 0 unspecified atom stereocenters. The fourth-order valence-electron chi connectivity index (χ4n) is 7.10. The predicted molar refractivity (Wildman–Crippen MR) is 208 cm³/mol. The lowest BCUT2D eigenvalue weighted by molar-refractivity contribution is 0.669. The summed E-state index contributed by atoms with van der Waals surface area (Å²) < 4.78 is 98.6. The van der Waals surface area contributed by atoms with Crippen molar-refractivity contribution in [2.24, 2.45) is 0 Å². The van der Waals surface area contributed by atoms with Crippen LogP contribution < -0.4 is 0 Å². The minimum Gasteiger partial charge on any atom is -0.456 e. The molecule has 0 atom stereocenters. The Balaban J connectivity index is 1.38. The lowest BCUT2D eigenvalue weighted by Crippen LogP contribution is -1.92. The average molecular weight is 633 g/mol. The first-order valence-electron chi connectivity index (χ1n) is 21.0. The Morgan fingerprint density at radius 2 is 1.00 bits per heavy atom. The standard InChI is InChI=1S/C48H30O/c1-2-13-31(14-3-1)33-27-28-44-43(30-33)48-42(25-12-26-45(48)49-44)47-40-22-8-6-20-38(40)46(39-21-7-9-23-41(39)47)35-18-10-17-34(29-35)37-24-11-16-32-15-4-5-19-36(32)37/h1-30H/i10D,12D,17D,18D,25D,26D,27D,28D,29D,30D. The Morgan fingerprint density at radius 3 is 1.78 bits per heavy atom. The van der Waals surface area contributed by atoms with E-state index in [-0.39, 0.29) is 98.6 Å². The van der Waals surface area contributed by atoms with Crippen LogP contribution in [0.2, 0.25) is 0 Å². The number of hydrogen-bond donors (Lipinski definition) is 0. The Morgan fingerprint density at radius 1 is 0.367 bits per heavy atom. The third kappa shape index (κ3) is 4.40. The van der Waals surface area contributed by atoms with E-state index in [1.165, 1.54) is 0 Å². The quantitative estimate of drug-likeness (QED) is 0.176. The van der Waals surface area contributed by atoms with Gasteiger partial charge in [0.1, 0.15) is 11.2 Å². The van der Waals surface area contributed by atoms with Crippen molar-refractivity contribution in [3.63, 3.8) is 0 Å². The van der Waals surface area contributed by atoms with E-state index in [1.54, 1.807) is 24.3 Å². The summed E-state index contributed by atoms with van der Waals surface area (Å²) >= 11 is 0. The molecule has 10 rings (SSSR count). The van der Waals surface area contributed by atoms with E-state index in [9.17, 15) is 5.48 Å². The molecule has 49 heavy (non-hydrogen) atoms. The molecule has 9 aromatic carbocycles. The summed E-state index contributed by atoms with van der Waals surface area (Å²) in [7, 11) is 0. The van der Waals surface area contributed by atoms with Gasteiger partial charge in [-0.3, -0.25) is 0 Å². The summed E-state index contributed by atoms with van der Waals surface area (Å²) in [5, 5.41) is 4.39. The molecule has 0 saturated heterocycles. The van der Waals surface area contributed by atoms with E-state index in [4.69, 9.17) is 12.6 Å². The fraction of sp³-hybridized carbons (Fsp3) is 0. The average Bonchev–Trinajstić information content (AvgIpc) is 3.66. The largest absolute Gasteiger partial charge is 0.456 e. The van der Waals surface area contributed by atoms with Gasteiger partial charge in [-0.15, -0.1) is 0 Å². The van der Waals surface area contributed by atoms with Crippen molar-refractivity contribution >= 4 is 54.3 Å². The van der Waals surface area contributed by atoms with E-state index in [0.29, 0.717) is 43.8 Å². The molecule has 1 heteroatoms. The summed E-state index contributed by atoms with van der Waals surface area (Å²) in [4.78, 5) is 0. The van der Waals surface area contributed by atoms with Gasteiger partial charge < -0.3 is 4.42 Å². The second kappa shape index (κ2) is 11.1. The zero-order chi connectivity index (χ0) is 41.0. The molecule has 0 N–H and O–H groups in total. The monoisotopic (exact) mass is 632 g/mol. The second-order valence-electron chi connectivity index (χ2n) is 12.0. The lowest BCUT2D eigenvalue weighted by atomic mass is 9.84. The molecular weight excluding hydrogens is 593 g/mol. The molecule has 1 aromatic heterocycles. The first-order valence-corrected chi connectivity index (χ1v) is 16.0. The van der Waals surface area contributed by atoms with Gasteiger partial charge in [-0.05, 0) is 101 Å². The van der Waals surface area contributed by atoms with E-state index >= 15 is 0 Å². The SMILES string of the molecule is [2H]c1c([2H])c(-c2cccc3ccccc23)c([2H])c(-c2c3ccccc3c(-c3c([2H])c([2H])c([2H])c4oc5c([2H])c([2H])c(-c6ccccc6)c([2H])c5c34)c3ccccc23)c1[2H]. The summed E-state index contributed by atoms with van der Waals surface area (Å²) in [6, 6.07) is 34.3. The first kappa shape index (κ1) is 19.4. The maximum Gasteiger partial charge on any atom is 0.136 e. The smallest absolute Gasteiger partial charge is 0.136 e. The minimum atomic E-state index is -0.414. The molecule has 0 aliphatic carbocycles. The van der Waals surface area contributed by atoms with Crippen molar-refractivity contribution in [2.75, 3.05) is 0 Å². The van der Waals surface area contributed by atoms with Crippen LogP contribution in [0.4, 0.5) is 0 Å². The van der Waals surface area contributed by atoms with Gasteiger partial charge in [-0.1, -0.05) is 158 Å². The van der Waals surface area contributed by atoms with Crippen molar-refractivity contribution in [1.29, 1.82) is 0 Å². The van der Waals surface area contributed by atoms with Gasteiger partial charge in [-0.2, -0.15) is 0 Å². The van der Waals surface area contributed by atoms with E-state index in [2.05, 4.69) is 0 Å². The summed E-state index contributed by atoms with van der Waals surface area (Å²) in [5.41, 5.74) is 2.79. The second-order valence-corrected chi connectivity index (χ2v) is 12.0. The van der Waals surface area contributed by atoms with Crippen molar-refractivity contribution in [2.45, 2.75) is 0 Å². The van der Waals surface area contributed by atoms with Crippen LogP contribution in [0.5, 0.6) is 0 Å². The van der Waals surface area contributed by atoms with Crippen molar-refractivity contribution < 1.29 is 18.1 Å². The molecular formula is C48H30O. The molecule has 1 heterocycles. The molecule has 10 aromatic rings. The number of hydrogen-bond acceptors (Lipinski definition) is 1. The van der Waals surface area contributed by atoms with Crippen molar-refractivity contribution in [1.82, 2.24) is 0 Å². The van der Waals surface area contributed by atoms with Gasteiger partial charge in [0.05, 0.1) is 13.7 Å². The number of furan rings is 1. The predicted octanol–water partition coefficient (Wildman–Crippen LogP) is 13.7. The zero-order valence-electron chi connectivity index (χ0n) is 36.0. The normalized spacial score (nSPS) is 14.5. The Labute approximate surface area is 298 Å². The maximum atomic E-state index is 9.79. The summed E-state index contributed by atoms with van der Waals surface area (Å²) in [6.07, 6.45) is 0. The van der Waals surface area contributed by atoms with Crippen molar-refractivity contribution in [3.8, 4) is 44.5 Å². The highest BCUT2D eigenvalue weighted by atomic mass is 16.3. The van der Waals surface area contributed by atoms with Crippen molar-refractivity contribution in [3.05, 3.63) is 182 Å². The molecule has 0 amide bonds. The zero-order valence-corrected chi connectivity index (χ0v) is 26.0. The molecule has 0 saturated carbocycles. The van der Waals surface area contributed by atoms with Gasteiger partial charge >= 0.3 is 0 Å². The molecule has 0 radical (unpaired) electrons. The van der Waals surface area contributed by atoms with E-state index < -0.39 is 6.04 Å². The Kier molecular flexibility index (Phi) is 4.39. The van der Waals surface area contributed by atoms with Gasteiger partial charge in [0.2, 0.25) is 0 Å². The fourth-order valence-corrected chi connectivity index (χ4v) is 7.10. The highest BCUT2D eigenvalue weighted by Gasteiger charge is 2.21.